The average molecular weight is 364 g/mol. The molecule has 0 atom stereocenters. The van der Waals surface area contributed by atoms with E-state index in [-0.39, 0.29) is 18.3 Å². The maximum atomic E-state index is 13.4. The second kappa shape index (κ2) is 6.68. The predicted octanol–water partition coefficient (Wildman–Crippen LogP) is 2.41. The largest absolute Gasteiger partial charge is 0.350 e. The number of aryl methyl sites for hydroxylation is 1. The smallest absolute Gasteiger partial charge is 0.291 e. The zero-order valence-corrected chi connectivity index (χ0v) is 14.6. The molecule has 27 heavy (non-hydrogen) atoms. The summed E-state index contributed by atoms with van der Waals surface area (Å²) in [4.78, 5) is 24.9. The summed E-state index contributed by atoms with van der Waals surface area (Å²) in [6.45, 7) is 2.18. The molecule has 0 aliphatic rings. The normalized spacial score (nSPS) is 11.2. The van der Waals surface area contributed by atoms with E-state index in [1.807, 2.05) is 31.2 Å². The van der Waals surface area contributed by atoms with Gasteiger partial charge in [-0.25, -0.2) is 9.07 Å². The van der Waals surface area contributed by atoms with Gasteiger partial charge in [0.05, 0.1) is 5.52 Å². The van der Waals surface area contributed by atoms with Gasteiger partial charge in [-0.3, -0.25) is 14.0 Å². The van der Waals surface area contributed by atoms with Crippen molar-refractivity contribution in [1.82, 2.24) is 19.5 Å². The van der Waals surface area contributed by atoms with Crippen LogP contribution in [0.5, 0.6) is 0 Å². The zero-order chi connectivity index (χ0) is 19.0. The summed E-state index contributed by atoms with van der Waals surface area (Å²) in [5.74, 6) is -0.681. The number of hydrogen-bond donors (Lipinski definition) is 1. The SMILES string of the molecule is Cc1cccc(CNC(=O)Cn2ncn3c(cc4cc(F)ccc43)c2=O)c1. The molecular weight excluding hydrogens is 347 g/mol. The summed E-state index contributed by atoms with van der Waals surface area (Å²) in [6.07, 6.45) is 1.46. The molecule has 0 spiro atoms. The third-order valence-corrected chi connectivity index (χ3v) is 4.43. The Morgan fingerprint density at radius 1 is 1.15 bits per heavy atom. The summed E-state index contributed by atoms with van der Waals surface area (Å²) in [6, 6.07) is 13.7. The van der Waals surface area contributed by atoms with E-state index in [9.17, 15) is 14.0 Å². The Hall–Kier alpha value is -3.48. The lowest BCUT2D eigenvalue weighted by Gasteiger charge is -2.08. The van der Waals surface area contributed by atoms with E-state index in [1.54, 1.807) is 16.5 Å². The molecule has 0 bridgehead atoms. The van der Waals surface area contributed by atoms with Crippen molar-refractivity contribution in [2.45, 2.75) is 20.0 Å². The summed E-state index contributed by atoms with van der Waals surface area (Å²) < 4.78 is 16.1. The number of rotatable bonds is 4. The number of hydrogen-bond acceptors (Lipinski definition) is 3. The number of nitrogens with zero attached hydrogens (tertiary/aromatic N) is 3. The number of amides is 1. The molecule has 7 heteroatoms. The van der Waals surface area contributed by atoms with Crippen molar-refractivity contribution >= 4 is 22.3 Å². The van der Waals surface area contributed by atoms with Gasteiger partial charge >= 0.3 is 0 Å². The van der Waals surface area contributed by atoms with Crippen LogP contribution in [0.2, 0.25) is 0 Å². The lowest BCUT2D eigenvalue weighted by atomic mass is 10.1. The van der Waals surface area contributed by atoms with Gasteiger partial charge in [0.1, 0.15) is 24.2 Å². The summed E-state index contributed by atoms with van der Waals surface area (Å²) >= 11 is 0. The first-order valence-corrected chi connectivity index (χ1v) is 8.50. The Kier molecular flexibility index (Phi) is 4.19. The number of nitrogens with one attached hydrogen (secondary N) is 1. The first-order valence-electron chi connectivity index (χ1n) is 8.50. The fourth-order valence-electron chi connectivity index (χ4n) is 3.12. The summed E-state index contributed by atoms with van der Waals surface area (Å²) in [5.41, 5.74) is 2.73. The van der Waals surface area contributed by atoms with Gasteiger partial charge in [0.25, 0.3) is 5.56 Å². The topological polar surface area (TPSA) is 68.4 Å². The van der Waals surface area contributed by atoms with Crippen LogP contribution in [0, 0.1) is 12.7 Å². The van der Waals surface area contributed by atoms with Crippen LogP contribution in [0.15, 0.2) is 59.7 Å². The van der Waals surface area contributed by atoms with Gasteiger partial charge in [-0.15, -0.1) is 0 Å². The van der Waals surface area contributed by atoms with Crippen molar-refractivity contribution in [3.05, 3.63) is 82.2 Å². The van der Waals surface area contributed by atoms with Crippen molar-refractivity contribution in [3.63, 3.8) is 0 Å². The first-order chi connectivity index (χ1) is 13.0. The van der Waals surface area contributed by atoms with Gasteiger partial charge in [0.15, 0.2) is 0 Å². The van der Waals surface area contributed by atoms with Crippen molar-refractivity contribution in [1.29, 1.82) is 0 Å². The van der Waals surface area contributed by atoms with E-state index in [0.717, 1.165) is 15.8 Å². The molecule has 1 amide bonds. The highest BCUT2D eigenvalue weighted by atomic mass is 19.1. The van der Waals surface area contributed by atoms with Crippen LogP contribution >= 0.6 is 0 Å². The molecular formula is C20H17FN4O2. The number of benzene rings is 2. The second-order valence-electron chi connectivity index (χ2n) is 6.46. The number of carbonyl (C=O) groups is 1. The summed E-state index contributed by atoms with van der Waals surface area (Å²) in [5, 5.41) is 7.47. The van der Waals surface area contributed by atoms with Crippen LogP contribution < -0.4 is 10.9 Å². The van der Waals surface area contributed by atoms with Crippen LogP contribution in [-0.2, 0) is 17.9 Å². The Bertz CT molecular complexity index is 1230. The fraction of sp³-hybridized carbons (Fsp3) is 0.150. The van der Waals surface area contributed by atoms with E-state index < -0.39 is 5.56 Å². The van der Waals surface area contributed by atoms with Crippen molar-refractivity contribution in [2.75, 3.05) is 0 Å². The van der Waals surface area contributed by atoms with Crippen LogP contribution in [0.3, 0.4) is 0 Å². The highest BCUT2D eigenvalue weighted by Crippen LogP contribution is 2.18. The average Bonchev–Trinajstić information content (AvgIpc) is 3.01. The van der Waals surface area contributed by atoms with Gasteiger partial charge in [-0.05, 0) is 36.8 Å². The molecule has 0 aliphatic heterocycles. The first kappa shape index (κ1) is 17.0. The Morgan fingerprint density at radius 3 is 2.81 bits per heavy atom. The lowest BCUT2D eigenvalue weighted by molar-refractivity contribution is -0.122. The Balaban J connectivity index is 1.56. The molecule has 0 saturated carbocycles. The van der Waals surface area contributed by atoms with Gasteiger partial charge in [0, 0.05) is 11.9 Å². The minimum atomic E-state index is -0.403. The molecule has 2 aromatic carbocycles. The van der Waals surface area contributed by atoms with E-state index >= 15 is 0 Å². The molecule has 4 rings (SSSR count). The number of halogens is 1. The number of aromatic nitrogens is 3. The molecule has 136 valence electrons. The zero-order valence-electron chi connectivity index (χ0n) is 14.6. The minimum absolute atomic E-state index is 0.183. The standard InChI is InChI=1S/C20H17FN4O2/c1-13-3-2-4-14(7-13)10-22-19(26)11-25-20(27)18-9-15-8-16(21)5-6-17(15)24(18)12-23-25/h2-9,12H,10-11H2,1H3,(H,22,26). The molecule has 0 fully saturated rings. The third-order valence-electron chi connectivity index (χ3n) is 4.43. The van der Waals surface area contributed by atoms with Gasteiger partial charge in [-0.1, -0.05) is 29.8 Å². The van der Waals surface area contributed by atoms with Crippen LogP contribution in [0.4, 0.5) is 4.39 Å². The molecule has 1 N–H and O–H groups in total. The molecule has 6 nitrogen and oxygen atoms in total. The maximum absolute atomic E-state index is 13.4. The molecule has 0 saturated heterocycles. The van der Waals surface area contributed by atoms with Gasteiger partial charge in [0.2, 0.25) is 5.91 Å². The number of fused-ring (bicyclic) bond motifs is 3. The van der Waals surface area contributed by atoms with Gasteiger partial charge in [-0.2, -0.15) is 5.10 Å². The minimum Gasteiger partial charge on any atom is -0.350 e. The maximum Gasteiger partial charge on any atom is 0.291 e. The van der Waals surface area contributed by atoms with E-state index in [1.165, 1.54) is 18.5 Å². The molecule has 0 unspecified atom stereocenters. The Labute approximate surface area is 153 Å². The highest BCUT2D eigenvalue weighted by molar-refractivity contribution is 5.86. The molecule has 0 radical (unpaired) electrons. The summed E-state index contributed by atoms with van der Waals surface area (Å²) in [7, 11) is 0. The van der Waals surface area contributed by atoms with Crippen LogP contribution in [0.1, 0.15) is 11.1 Å². The highest BCUT2D eigenvalue weighted by Gasteiger charge is 2.12. The third kappa shape index (κ3) is 3.31. The van der Waals surface area contributed by atoms with Crippen LogP contribution in [-0.4, -0.2) is 20.1 Å². The number of carbonyl (C=O) groups excluding carboxylic acids is 1. The van der Waals surface area contributed by atoms with Crippen LogP contribution in [0.25, 0.3) is 16.4 Å². The van der Waals surface area contributed by atoms with Crippen molar-refractivity contribution < 1.29 is 9.18 Å². The van der Waals surface area contributed by atoms with Crippen molar-refractivity contribution in [2.24, 2.45) is 0 Å². The lowest BCUT2D eigenvalue weighted by Crippen LogP contribution is -2.33. The monoisotopic (exact) mass is 364 g/mol. The fourth-order valence-corrected chi connectivity index (χ4v) is 3.12. The van der Waals surface area contributed by atoms with Gasteiger partial charge < -0.3 is 5.32 Å². The van der Waals surface area contributed by atoms with E-state index in [2.05, 4.69) is 10.4 Å². The van der Waals surface area contributed by atoms with E-state index in [0.29, 0.717) is 23.0 Å². The molecule has 2 aromatic heterocycles. The van der Waals surface area contributed by atoms with Crippen molar-refractivity contribution in [3.8, 4) is 0 Å². The molecule has 2 heterocycles. The quantitative estimate of drug-likeness (QED) is 0.605. The molecule has 0 aliphatic carbocycles. The molecule has 4 aromatic rings. The predicted molar refractivity (Wildman–Crippen MR) is 99.9 cm³/mol. The van der Waals surface area contributed by atoms with E-state index in [4.69, 9.17) is 0 Å². The second-order valence-corrected chi connectivity index (χ2v) is 6.46. The Morgan fingerprint density at radius 2 is 2.00 bits per heavy atom.